The summed E-state index contributed by atoms with van der Waals surface area (Å²) in [6.07, 6.45) is 0.587. The number of rotatable bonds is 10. The molecule has 1 amide bonds. The standard InChI is InChI=1S/C29H33NO4/c1-19(2)16-26(22-10-12-24(13-11-22)29(33)30-15-14-27(31)32)34-25-17-20(3)28(21(4)18-25)23-8-6-5-7-9-23/h5-13,17-19,26H,14-16H2,1-4H3,(H,30,33)(H,31,32). The van der Waals surface area contributed by atoms with Crippen LogP contribution in [0.5, 0.6) is 5.75 Å². The molecule has 3 aromatic rings. The molecule has 5 heteroatoms. The molecule has 34 heavy (non-hydrogen) atoms. The lowest BCUT2D eigenvalue weighted by Gasteiger charge is -2.23. The van der Waals surface area contributed by atoms with Gasteiger partial charge in [-0.2, -0.15) is 0 Å². The lowest BCUT2D eigenvalue weighted by atomic mass is 9.95. The second kappa shape index (κ2) is 11.5. The summed E-state index contributed by atoms with van der Waals surface area (Å²) < 4.78 is 6.49. The molecule has 2 N–H and O–H groups in total. The van der Waals surface area contributed by atoms with Crippen molar-refractivity contribution in [1.82, 2.24) is 5.32 Å². The van der Waals surface area contributed by atoms with Gasteiger partial charge in [-0.15, -0.1) is 0 Å². The largest absolute Gasteiger partial charge is 0.486 e. The van der Waals surface area contributed by atoms with E-state index >= 15 is 0 Å². The van der Waals surface area contributed by atoms with Crippen LogP contribution in [0.25, 0.3) is 11.1 Å². The van der Waals surface area contributed by atoms with Gasteiger partial charge in [-0.25, -0.2) is 0 Å². The number of amides is 1. The second-order valence-corrected chi connectivity index (χ2v) is 9.06. The number of hydrogen-bond acceptors (Lipinski definition) is 3. The molecule has 0 aromatic heterocycles. The SMILES string of the molecule is Cc1cc(OC(CC(C)C)c2ccc(C(=O)NCCC(=O)O)cc2)cc(C)c1-c1ccccc1. The number of aliphatic carboxylic acids is 1. The van der Waals surface area contributed by atoms with E-state index in [0.29, 0.717) is 11.5 Å². The summed E-state index contributed by atoms with van der Waals surface area (Å²) in [5.74, 6) is 0.0362. The van der Waals surface area contributed by atoms with Crippen molar-refractivity contribution in [3.05, 3.63) is 89.0 Å². The van der Waals surface area contributed by atoms with Crippen LogP contribution in [0.1, 0.15) is 59.8 Å². The number of benzene rings is 3. The smallest absolute Gasteiger partial charge is 0.305 e. The van der Waals surface area contributed by atoms with Crippen LogP contribution in [0.2, 0.25) is 0 Å². The molecule has 0 aliphatic carbocycles. The number of hydrogen-bond donors (Lipinski definition) is 2. The summed E-state index contributed by atoms with van der Waals surface area (Å²) in [6.45, 7) is 8.65. The molecular weight excluding hydrogens is 426 g/mol. The van der Waals surface area contributed by atoms with E-state index in [1.165, 1.54) is 11.1 Å². The highest BCUT2D eigenvalue weighted by atomic mass is 16.5. The fraction of sp³-hybridized carbons (Fsp3) is 0.310. The van der Waals surface area contributed by atoms with E-state index in [2.05, 4.69) is 57.3 Å². The number of carboxylic acids is 1. The molecule has 0 aliphatic heterocycles. The number of carbonyl (C=O) groups is 2. The Labute approximate surface area is 201 Å². The van der Waals surface area contributed by atoms with Gasteiger partial charge in [0.25, 0.3) is 5.91 Å². The van der Waals surface area contributed by atoms with Crippen LogP contribution in [0.4, 0.5) is 0 Å². The number of nitrogens with one attached hydrogen (secondary N) is 1. The highest BCUT2D eigenvalue weighted by Crippen LogP contribution is 2.34. The number of carboxylic acid groups (broad SMARTS) is 1. The minimum absolute atomic E-state index is 0.101. The molecule has 5 nitrogen and oxygen atoms in total. The zero-order valence-electron chi connectivity index (χ0n) is 20.3. The summed E-state index contributed by atoms with van der Waals surface area (Å²) in [7, 11) is 0. The summed E-state index contributed by atoms with van der Waals surface area (Å²) in [6, 6.07) is 21.9. The average molecular weight is 460 g/mol. The molecule has 3 rings (SSSR count). The van der Waals surface area contributed by atoms with Gasteiger partial charge in [0.15, 0.2) is 0 Å². The Morgan fingerprint density at radius 1 is 0.941 bits per heavy atom. The molecule has 0 saturated carbocycles. The fourth-order valence-corrected chi connectivity index (χ4v) is 4.13. The Bertz CT molecular complexity index is 1100. The van der Waals surface area contributed by atoms with Crippen molar-refractivity contribution in [2.24, 2.45) is 5.92 Å². The zero-order valence-corrected chi connectivity index (χ0v) is 20.3. The molecule has 0 fully saturated rings. The Morgan fingerprint density at radius 3 is 2.12 bits per heavy atom. The van der Waals surface area contributed by atoms with Gasteiger partial charge < -0.3 is 15.2 Å². The first kappa shape index (κ1) is 25.0. The third-order valence-electron chi connectivity index (χ3n) is 5.70. The Balaban J connectivity index is 1.79. The van der Waals surface area contributed by atoms with E-state index in [1.54, 1.807) is 12.1 Å². The van der Waals surface area contributed by atoms with Gasteiger partial charge in [0.05, 0.1) is 6.42 Å². The van der Waals surface area contributed by atoms with Gasteiger partial charge in [0.2, 0.25) is 0 Å². The van der Waals surface area contributed by atoms with Gasteiger partial charge in [0.1, 0.15) is 11.9 Å². The van der Waals surface area contributed by atoms with Gasteiger partial charge in [-0.3, -0.25) is 9.59 Å². The molecule has 0 heterocycles. The first-order chi connectivity index (χ1) is 16.2. The zero-order chi connectivity index (χ0) is 24.7. The second-order valence-electron chi connectivity index (χ2n) is 9.06. The summed E-state index contributed by atoms with van der Waals surface area (Å²) >= 11 is 0. The predicted molar refractivity (Wildman–Crippen MR) is 135 cm³/mol. The quantitative estimate of drug-likeness (QED) is 0.371. The van der Waals surface area contributed by atoms with Crippen LogP contribution in [-0.4, -0.2) is 23.5 Å². The molecule has 3 aromatic carbocycles. The maximum absolute atomic E-state index is 12.3. The molecule has 178 valence electrons. The van der Waals surface area contributed by atoms with E-state index < -0.39 is 5.97 Å². The Kier molecular flexibility index (Phi) is 8.47. The van der Waals surface area contributed by atoms with E-state index in [-0.39, 0.29) is 25.0 Å². The van der Waals surface area contributed by atoms with E-state index in [4.69, 9.17) is 9.84 Å². The van der Waals surface area contributed by atoms with Crippen molar-refractivity contribution < 1.29 is 19.4 Å². The number of aryl methyl sites for hydroxylation is 2. The topological polar surface area (TPSA) is 75.6 Å². The van der Waals surface area contributed by atoms with Crippen LogP contribution < -0.4 is 10.1 Å². The fourth-order valence-electron chi connectivity index (χ4n) is 4.13. The van der Waals surface area contributed by atoms with Crippen LogP contribution in [0.15, 0.2) is 66.7 Å². The van der Waals surface area contributed by atoms with Gasteiger partial charge >= 0.3 is 5.97 Å². The van der Waals surface area contributed by atoms with Crippen molar-refractivity contribution in [1.29, 1.82) is 0 Å². The summed E-state index contributed by atoms with van der Waals surface area (Å²) in [4.78, 5) is 22.9. The van der Waals surface area contributed by atoms with Crippen molar-refractivity contribution in [2.45, 2.75) is 46.6 Å². The highest BCUT2D eigenvalue weighted by Gasteiger charge is 2.18. The lowest BCUT2D eigenvalue weighted by molar-refractivity contribution is -0.136. The number of ether oxygens (including phenoxy) is 1. The van der Waals surface area contributed by atoms with Gasteiger partial charge in [0, 0.05) is 12.1 Å². The van der Waals surface area contributed by atoms with Gasteiger partial charge in [-0.1, -0.05) is 56.3 Å². The predicted octanol–water partition coefficient (Wildman–Crippen LogP) is 6.34. The monoisotopic (exact) mass is 459 g/mol. The third kappa shape index (κ3) is 6.70. The molecule has 1 atom stereocenters. The third-order valence-corrected chi connectivity index (χ3v) is 5.70. The number of carbonyl (C=O) groups excluding carboxylic acids is 1. The van der Waals surface area contributed by atoms with E-state index in [1.807, 2.05) is 30.3 Å². The summed E-state index contributed by atoms with van der Waals surface area (Å²) in [5.41, 5.74) is 6.25. The van der Waals surface area contributed by atoms with Crippen molar-refractivity contribution in [3.63, 3.8) is 0 Å². The van der Waals surface area contributed by atoms with Crippen LogP contribution >= 0.6 is 0 Å². The molecule has 0 radical (unpaired) electrons. The highest BCUT2D eigenvalue weighted by molar-refractivity contribution is 5.94. The van der Waals surface area contributed by atoms with Crippen LogP contribution in [0.3, 0.4) is 0 Å². The molecule has 0 saturated heterocycles. The molecule has 0 aliphatic rings. The molecule has 1 unspecified atom stereocenters. The van der Waals surface area contributed by atoms with Crippen LogP contribution in [0, 0.1) is 19.8 Å². The maximum Gasteiger partial charge on any atom is 0.305 e. The van der Waals surface area contributed by atoms with Crippen molar-refractivity contribution in [2.75, 3.05) is 6.54 Å². The maximum atomic E-state index is 12.3. The van der Waals surface area contributed by atoms with Crippen molar-refractivity contribution >= 4 is 11.9 Å². The van der Waals surface area contributed by atoms with E-state index in [0.717, 1.165) is 28.9 Å². The van der Waals surface area contributed by atoms with Crippen LogP contribution in [-0.2, 0) is 4.79 Å². The minimum Gasteiger partial charge on any atom is -0.486 e. The Hall–Kier alpha value is -3.60. The Morgan fingerprint density at radius 2 is 1.56 bits per heavy atom. The normalized spacial score (nSPS) is 11.8. The van der Waals surface area contributed by atoms with E-state index in [9.17, 15) is 9.59 Å². The first-order valence-corrected chi connectivity index (χ1v) is 11.7. The summed E-state index contributed by atoms with van der Waals surface area (Å²) in [5, 5.41) is 11.4. The van der Waals surface area contributed by atoms with Crippen molar-refractivity contribution in [3.8, 4) is 16.9 Å². The molecule has 0 spiro atoms. The minimum atomic E-state index is -0.938. The lowest BCUT2D eigenvalue weighted by Crippen LogP contribution is -2.26. The average Bonchev–Trinajstić information content (AvgIpc) is 2.78. The molecular formula is C29H33NO4. The first-order valence-electron chi connectivity index (χ1n) is 11.7. The van der Waals surface area contributed by atoms with Gasteiger partial charge in [-0.05, 0) is 78.3 Å². The molecule has 0 bridgehead atoms.